The summed E-state index contributed by atoms with van der Waals surface area (Å²) in [5.74, 6) is 0.461. The number of hydrogen-bond acceptors (Lipinski definition) is 7. The third-order valence-corrected chi connectivity index (χ3v) is 7.15. The van der Waals surface area contributed by atoms with Crippen molar-refractivity contribution in [1.29, 1.82) is 0 Å². The topological polar surface area (TPSA) is 84.3 Å². The highest BCUT2D eigenvalue weighted by Crippen LogP contribution is 2.34. The number of nitrogens with zero attached hydrogens (tertiary/aromatic N) is 3. The number of amides is 3. The molecule has 3 amide bonds. The average molecular weight is 421 g/mol. The van der Waals surface area contributed by atoms with E-state index in [4.69, 9.17) is 0 Å². The molecule has 27 heavy (non-hydrogen) atoms. The van der Waals surface area contributed by atoms with E-state index in [1.54, 1.807) is 23.0 Å². The van der Waals surface area contributed by atoms with E-state index >= 15 is 0 Å². The Labute approximate surface area is 167 Å². The van der Waals surface area contributed by atoms with E-state index in [0.717, 1.165) is 15.3 Å². The Kier molecular flexibility index (Phi) is 5.02. The molecule has 0 spiro atoms. The van der Waals surface area contributed by atoms with Crippen molar-refractivity contribution < 1.29 is 9.59 Å². The summed E-state index contributed by atoms with van der Waals surface area (Å²) in [4.78, 5) is 43.6. The minimum atomic E-state index is -0.336. The molecule has 1 N–H and O–H groups in total. The molecule has 1 aliphatic heterocycles. The van der Waals surface area contributed by atoms with E-state index in [1.165, 1.54) is 28.0 Å². The summed E-state index contributed by atoms with van der Waals surface area (Å²) in [5, 5.41) is 7.78. The lowest BCUT2D eigenvalue weighted by Gasteiger charge is -2.12. The Hall–Kier alpha value is -2.17. The molecule has 0 atom stereocenters. The Morgan fingerprint density at radius 1 is 1.30 bits per heavy atom. The molecule has 4 rings (SSSR count). The molecule has 0 unspecified atom stereocenters. The predicted molar refractivity (Wildman–Crippen MR) is 109 cm³/mol. The first-order valence-electron chi connectivity index (χ1n) is 8.29. The quantitative estimate of drug-likeness (QED) is 0.287. The molecule has 10 heteroatoms. The second-order valence-electron chi connectivity index (χ2n) is 5.97. The molecule has 0 bridgehead atoms. The first-order valence-corrected chi connectivity index (χ1v) is 11.0. The fourth-order valence-electron chi connectivity index (χ4n) is 2.86. The number of thiophene rings is 2. The standard InChI is InChI=1S/C17H16N4O3S3/c1-20-15(23)13-10(11-4-2-6-25-11)9-27-14(13)19-17(20)26-7-3-5-21-12(22)8-18-16(21)24/h2,4,6,9H,3,5,7-8H2,1H3,(H,18,24). The van der Waals surface area contributed by atoms with Crippen molar-refractivity contribution in [3.63, 3.8) is 0 Å². The van der Waals surface area contributed by atoms with Gasteiger partial charge in [-0.2, -0.15) is 0 Å². The molecule has 0 radical (unpaired) electrons. The van der Waals surface area contributed by atoms with Crippen LogP contribution in [-0.2, 0) is 11.8 Å². The van der Waals surface area contributed by atoms with Gasteiger partial charge >= 0.3 is 6.03 Å². The lowest BCUT2D eigenvalue weighted by molar-refractivity contribution is -0.124. The molecule has 1 fully saturated rings. The fraction of sp³-hybridized carbons (Fsp3) is 0.294. The van der Waals surface area contributed by atoms with Crippen molar-refractivity contribution in [1.82, 2.24) is 19.8 Å². The summed E-state index contributed by atoms with van der Waals surface area (Å²) in [6.45, 7) is 0.443. The summed E-state index contributed by atoms with van der Waals surface area (Å²) in [6.07, 6.45) is 0.641. The number of carbonyl (C=O) groups excluding carboxylic acids is 2. The maximum atomic E-state index is 12.9. The van der Waals surface area contributed by atoms with E-state index in [2.05, 4.69) is 10.3 Å². The van der Waals surface area contributed by atoms with Gasteiger partial charge in [0, 0.05) is 35.2 Å². The second-order valence-corrected chi connectivity index (χ2v) is 8.84. The lowest BCUT2D eigenvalue weighted by Crippen LogP contribution is -2.32. The minimum Gasteiger partial charge on any atom is -0.329 e. The monoisotopic (exact) mass is 420 g/mol. The number of urea groups is 1. The highest BCUT2D eigenvalue weighted by molar-refractivity contribution is 7.99. The lowest BCUT2D eigenvalue weighted by atomic mass is 10.2. The number of aromatic nitrogens is 2. The Bertz CT molecular complexity index is 1060. The zero-order valence-electron chi connectivity index (χ0n) is 14.4. The first-order chi connectivity index (χ1) is 13.1. The van der Waals surface area contributed by atoms with E-state index in [0.29, 0.717) is 29.3 Å². The number of fused-ring (bicyclic) bond motifs is 1. The van der Waals surface area contributed by atoms with Crippen LogP contribution in [0, 0.1) is 0 Å². The summed E-state index contributed by atoms with van der Waals surface area (Å²) in [7, 11) is 1.73. The van der Waals surface area contributed by atoms with Gasteiger partial charge in [0.05, 0.1) is 11.9 Å². The Balaban J connectivity index is 1.50. The molecule has 3 aromatic heterocycles. The van der Waals surface area contributed by atoms with Crippen molar-refractivity contribution in [3.05, 3.63) is 33.2 Å². The average Bonchev–Trinajstić information content (AvgIpc) is 3.38. The molecule has 0 aromatic carbocycles. The van der Waals surface area contributed by atoms with Gasteiger partial charge < -0.3 is 5.32 Å². The number of thioether (sulfide) groups is 1. The normalized spacial score (nSPS) is 14.3. The molecule has 1 saturated heterocycles. The van der Waals surface area contributed by atoms with Gasteiger partial charge in [-0.3, -0.25) is 19.1 Å². The molecule has 140 valence electrons. The molecule has 3 aromatic rings. The number of hydrogen-bond donors (Lipinski definition) is 1. The van der Waals surface area contributed by atoms with E-state index in [9.17, 15) is 14.4 Å². The maximum absolute atomic E-state index is 12.9. The molecular formula is C17H16N4O3S3. The SMILES string of the molecule is Cn1c(SCCCN2C(=O)CNC2=O)nc2scc(-c3cccs3)c2c1=O. The smallest absolute Gasteiger partial charge is 0.324 e. The maximum Gasteiger partial charge on any atom is 0.324 e. The van der Waals surface area contributed by atoms with Crippen LogP contribution >= 0.6 is 34.4 Å². The van der Waals surface area contributed by atoms with Gasteiger partial charge in [0.1, 0.15) is 4.83 Å². The number of imide groups is 1. The molecule has 0 aliphatic carbocycles. The molecule has 0 saturated carbocycles. The van der Waals surface area contributed by atoms with Crippen LogP contribution in [0.4, 0.5) is 4.79 Å². The highest BCUT2D eigenvalue weighted by Gasteiger charge is 2.27. The summed E-state index contributed by atoms with van der Waals surface area (Å²) < 4.78 is 1.57. The largest absolute Gasteiger partial charge is 0.329 e. The fourth-order valence-corrected chi connectivity index (χ4v) is 5.56. The van der Waals surface area contributed by atoms with Gasteiger partial charge in [-0.1, -0.05) is 17.8 Å². The van der Waals surface area contributed by atoms with Gasteiger partial charge in [-0.25, -0.2) is 9.78 Å². The van der Waals surface area contributed by atoms with Gasteiger partial charge in [0.25, 0.3) is 5.56 Å². The van der Waals surface area contributed by atoms with Gasteiger partial charge in [-0.15, -0.1) is 22.7 Å². The molecule has 4 heterocycles. The summed E-state index contributed by atoms with van der Waals surface area (Å²) in [6, 6.07) is 3.64. The van der Waals surface area contributed by atoms with Crippen LogP contribution in [-0.4, -0.2) is 45.2 Å². The van der Waals surface area contributed by atoms with Crippen LogP contribution in [0.2, 0.25) is 0 Å². The number of nitrogens with one attached hydrogen (secondary N) is 1. The Morgan fingerprint density at radius 2 is 2.15 bits per heavy atom. The van der Waals surface area contributed by atoms with Crippen LogP contribution < -0.4 is 10.9 Å². The van der Waals surface area contributed by atoms with Crippen molar-refractivity contribution in [3.8, 4) is 10.4 Å². The zero-order chi connectivity index (χ0) is 19.0. The van der Waals surface area contributed by atoms with Crippen LogP contribution in [0.15, 0.2) is 32.8 Å². The van der Waals surface area contributed by atoms with E-state index in [-0.39, 0.29) is 24.0 Å². The van der Waals surface area contributed by atoms with Crippen LogP contribution in [0.3, 0.4) is 0 Å². The van der Waals surface area contributed by atoms with Crippen LogP contribution in [0.25, 0.3) is 20.7 Å². The molecule has 7 nitrogen and oxygen atoms in total. The number of rotatable bonds is 6. The summed E-state index contributed by atoms with van der Waals surface area (Å²) >= 11 is 4.54. The minimum absolute atomic E-state index is 0.0544. The van der Waals surface area contributed by atoms with Gasteiger partial charge in [0.2, 0.25) is 5.91 Å². The predicted octanol–water partition coefficient (Wildman–Crippen LogP) is 2.76. The summed E-state index contributed by atoms with van der Waals surface area (Å²) in [5.41, 5.74) is 0.884. The van der Waals surface area contributed by atoms with Crippen molar-refractivity contribution >= 4 is 56.6 Å². The third-order valence-electron chi connectivity index (χ3n) is 4.26. The van der Waals surface area contributed by atoms with E-state index in [1.807, 2.05) is 22.9 Å². The van der Waals surface area contributed by atoms with Crippen molar-refractivity contribution in [2.24, 2.45) is 7.05 Å². The molecule has 1 aliphatic rings. The van der Waals surface area contributed by atoms with Crippen molar-refractivity contribution in [2.45, 2.75) is 11.6 Å². The highest BCUT2D eigenvalue weighted by atomic mass is 32.2. The third kappa shape index (κ3) is 3.40. The van der Waals surface area contributed by atoms with Crippen molar-refractivity contribution in [2.75, 3.05) is 18.8 Å². The second kappa shape index (κ2) is 7.45. The Morgan fingerprint density at radius 3 is 2.85 bits per heavy atom. The zero-order valence-corrected chi connectivity index (χ0v) is 16.9. The number of carbonyl (C=O) groups is 2. The van der Waals surface area contributed by atoms with Crippen LogP contribution in [0.1, 0.15) is 6.42 Å². The molecular weight excluding hydrogens is 404 g/mol. The van der Waals surface area contributed by atoms with E-state index < -0.39 is 0 Å². The van der Waals surface area contributed by atoms with Crippen LogP contribution in [0.5, 0.6) is 0 Å². The van der Waals surface area contributed by atoms with Gasteiger partial charge in [0.15, 0.2) is 5.16 Å². The first kappa shape index (κ1) is 18.2. The van der Waals surface area contributed by atoms with Gasteiger partial charge in [-0.05, 0) is 17.9 Å².